The molecule has 0 heterocycles. The molecule has 0 saturated carbocycles. The van der Waals surface area contributed by atoms with E-state index in [9.17, 15) is 4.79 Å². The highest BCUT2D eigenvalue weighted by atomic mass is 32.1. The van der Waals surface area contributed by atoms with Gasteiger partial charge in [0.05, 0.1) is 25.2 Å². The van der Waals surface area contributed by atoms with Crippen molar-refractivity contribution in [2.75, 3.05) is 7.11 Å². The Balaban J connectivity index is 3.21. The number of ether oxygens (including phenoxy) is 1. The molecular formula is C11H12N2O2S. The van der Waals surface area contributed by atoms with E-state index in [0.29, 0.717) is 21.6 Å². The van der Waals surface area contributed by atoms with Crippen LogP contribution in [0.4, 0.5) is 0 Å². The summed E-state index contributed by atoms with van der Waals surface area (Å²) in [5.41, 5.74) is 7.38. The maximum absolute atomic E-state index is 11.2. The zero-order chi connectivity index (χ0) is 12.1. The lowest BCUT2D eigenvalue weighted by Gasteiger charge is -2.09. The van der Waals surface area contributed by atoms with Gasteiger partial charge in [-0.05, 0) is 23.3 Å². The minimum atomic E-state index is -0.363. The fraction of sp³-hybridized carbons (Fsp3) is 0.273. The van der Waals surface area contributed by atoms with Crippen molar-refractivity contribution in [2.24, 2.45) is 5.73 Å². The summed E-state index contributed by atoms with van der Waals surface area (Å²) in [4.78, 5) is 11.8. The molecule has 0 saturated heterocycles. The fourth-order valence-electron chi connectivity index (χ4n) is 1.44. The van der Waals surface area contributed by atoms with E-state index in [1.54, 1.807) is 12.1 Å². The van der Waals surface area contributed by atoms with Crippen LogP contribution in [0.5, 0.6) is 0 Å². The molecule has 4 nitrogen and oxygen atoms in total. The minimum Gasteiger partial charge on any atom is -0.469 e. The van der Waals surface area contributed by atoms with Gasteiger partial charge >= 0.3 is 5.97 Å². The first-order valence-electron chi connectivity index (χ1n) is 4.64. The van der Waals surface area contributed by atoms with Gasteiger partial charge in [-0.3, -0.25) is 4.79 Å². The molecular weight excluding hydrogens is 224 g/mol. The summed E-state index contributed by atoms with van der Waals surface area (Å²) in [6.07, 6.45) is 0.103. The standard InChI is InChI=1S/C11H12N2O2S/c1-15-11(14)4-7-2-9(16)3-8(5-12)10(7)6-13/h2-3,16H,4,6,13H2,1H3. The zero-order valence-corrected chi connectivity index (χ0v) is 9.75. The molecule has 1 rings (SSSR count). The van der Waals surface area contributed by atoms with Crippen LogP contribution in [0.3, 0.4) is 0 Å². The number of nitriles is 1. The molecule has 5 heteroatoms. The van der Waals surface area contributed by atoms with E-state index in [-0.39, 0.29) is 18.9 Å². The summed E-state index contributed by atoms with van der Waals surface area (Å²) >= 11 is 4.17. The number of carbonyl (C=O) groups is 1. The van der Waals surface area contributed by atoms with E-state index in [1.807, 2.05) is 6.07 Å². The summed E-state index contributed by atoms with van der Waals surface area (Å²) in [6, 6.07) is 5.39. The van der Waals surface area contributed by atoms with Crippen molar-refractivity contribution >= 4 is 18.6 Å². The second kappa shape index (κ2) is 5.54. The van der Waals surface area contributed by atoms with Gasteiger partial charge < -0.3 is 10.5 Å². The maximum atomic E-state index is 11.2. The lowest BCUT2D eigenvalue weighted by Crippen LogP contribution is -2.11. The zero-order valence-electron chi connectivity index (χ0n) is 8.86. The topological polar surface area (TPSA) is 76.1 Å². The fourth-order valence-corrected chi connectivity index (χ4v) is 1.73. The smallest absolute Gasteiger partial charge is 0.309 e. The van der Waals surface area contributed by atoms with Crippen LogP contribution < -0.4 is 5.73 Å². The first-order chi connectivity index (χ1) is 7.62. The van der Waals surface area contributed by atoms with Crippen LogP contribution >= 0.6 is 12.6 Å². The van der Waals surface area contributed by atoms with Gasteiger partial charge in [-0.25, -0.2) is 0 Å². The van der Waals surface area contributed by atoms with Crippen LogP contribution in [-0.4, -0.2) is 13.1 Å². The van der Waals surface area contributed by atoms with Crippen LogP contribution in [-0.2, 0) is 22.5 Å². The molecule has 0 spiro atoms. The number of nitrogens with zero attached hydrogens (tertiary/aromatic N) is 1. The summed E-state index contributed by atoms with van der Waals surface area (Å²) in [5.74, 6) is -0.363. The van der Waals surface area contributed by atoms with Gasteiger partial charge in [-0.2, -0.15) is 5.26 Å². The highest BCUT2D eigenvalue weighted by Crippen LogP contribution is 2.20. The Morgan fingerprint density at radius 1 is 1.62 bits per heavy atom. The molecule has 0 unspecified atom stereocenters. The van der Waals surface area contributed by atoms with Gasteiger partial charge in [-0.15, -0.1) is 12.6 Å². The molecule has 0 atom stereocenters. The molecule has 0 aromatic heterocycles. The number of carbonyl (C=O) groups excluding carboxylic acids is 1. The summed E-state index contributed by atoms with van der Waals surface area (Å²) in [6.45, 7) is 0.212. The quantitative estimate of drug-likeness (QED) is 0.607. The largest absolute Gasteiger partial charge is 0.469 e. The average Bonchev–Trinajstić information content (AvgIpc) is 2.28. The number of methoxy groups -OCH3 is 1. The normalized spacial score (nSPS) is 9.62. The molecule has 0 radical (unpaired) electrons. The number of hydrogen-bond donors (Lipinski definition) is 2. The highest BCUT2D eigenvalue weighted by molar-refractivity contribution is 7.80. The van der Waals surface area contributed by atoms with Crippen molar-refractivity contribution in [1.82, 2.24) is 0 Å². The molecule has 0 aliphatic carbocycles. The van der Waals surface area contributed by atoms with Gasteiger partial charge in [0, 0.05) is 11.4 Å². The van der Waals surface area contributed by atoms with Crippen molar-refractivity contribution in [2.45, 2.75) is 17.9 Å². The van der Waals surface area contributed by atoms with Gasteiger partial charge in [0.2, 0.25) is 0 Å². The van der Waals surface area contributed by atoms with Crippen LogP contribution in [0.1, 0.15) is 16.7 Å². The van der Waals surface area contributed by atoms with Crippen LogP contribution in [0.15, 0.2) is 17.0 Å². The first-order valence-corrected chi connectivity index (χ1v) is 5.08. The van der Waals surface area contributed by atoms with Crippen molar-refractivity contribution in [3.63, 3.8) is 0 Å². The molecule has 0 fully saturated rings. The molecule has 0 bridgehead atoms. The number of nitrogens with two attached hydrogens (primary N) is 1. The number of hydrogen-bond acceptors (Lipinski definition) is 5. The van der Waals surface area contributed by atoms with Crippen LogP contribution in [0.2, 0.25) is 0 Å². The summed E-state index contributed by atoms with van der Waals surface area (Å²) in [7, 11) is 1.32. The third-order valence-corrected chi connectivity index (χ3v) is 2.47. The summed E-state index contributed by atoms with van der Waals surface area (Å²) in [5, 5.41) is 8.93. The Kier molecular flexibility index (Phi) is 4.35. The highest BCUT2D eigenvalue weighted by Gasteiger charge is 2.12. The van der Waals surface area contributed by atoms with Gasteiger partial charge in [0.1, 0.15) is 0 Å². The number of esters is 1. The second-order valence-electron chi connectivity index (χ2n) is 3.20. The Morgan fingerprint density at radius 3 is 2.81 bits per heavy atom. The van der Waals surface area contributed by atoms with Crippen molar-refractivity contribution < 1.29 is 9.53 Å². The van der Waals surface area contributed by atoms with E-state index in [2.05, 4.69) is 17.4 Å². The van der Waals surface area contributed by atoms with Gasteiger partial charge in [0.25, 0.3) is 0 Å². The molecule has 16 heavy (non-hydrogen) atoms. The maximum Gasteiger partial charge on any atom is 0.309 e. The lowest BCUT2D eigenvalue weighted by atomic mass is 9.99. The first kappa shape index (κ1) is 12.6. The van der Waals surface area contributed by atoms with Crippen LogP contribution in [0, 0.1) is 11.3 Å². The van der Waals surface area contributed by atoms with Crippen LogP contribution in [0.25, 0.3) is 0 Å². The van der Waals surface area contributed by atoms with Crippen molar-refractivity contribution in [3.05, 3.63) is 28.8 Å². The van der Waals surface area contributed by atoms with Crippen molar-refractivity contribution in [3.8, 4) is 6.07 Å². The minimum absolute atomic E-state index is 0.103. The molecule has 1 aromatic carbocycles. The average molecular weight is 236 g/mol. The number of rotatable bonds is 3. The monoisotopic (exact) mass is 236 g/mol. The van der Waals surface area contributed by atoms with E-state index in [0.717, 1.165) is 0 Å². The van der Waals surface area contributed by atoms with Gasteiger partial charge in [0.15, 0.2) is 0 Å². The third kappa shape index (κ3) is 2.75. The van der Waals surface area contributed by atoms with E-state index < -0.39 is 0 Å². The predicted molar refractivity (Wildman–Crippen MR) is 62.0 cm³/mol. The Labute approximate surface area is 99.4 Å². The predicted octanol–water partition coefficient (Wildman–Crippen LogP) is 1.02. The SMILES string of the molecule is COC(=O)Cc1cc(S)cc(C#N)c1CN. The number of benzene rings is 1. The molecule has 1 aromatic rings. The Bertz CT molecular complexity index is 452. The molecule has 0 aliphatic rings. The molecule has 0 amide bonds. The second-order valence-corrected chi connectivity index (χ2v) is 3.72. The van der Waals surface area contributed by atoms with E-state index in [1.165, 1.54) is 7.11 Å². The Hall–Kier alpha value is -1.51. The summed E-state index contributed by atoms with van der Waals surface area (Å²) < 4.78 is 4.58. The molecule has 84 valence electrons. The molecule has 2 N–H and O–H groups in total. The van der Waals surface area contributed by atoms with Gasteiger partial charge in [-0.1, -0.05) is 0 Å². The third-order valence-electron chi connectivity index (χ3n) is 2.21. The van der Waals surface area contributed by atoms with E-state index >= 15 is 0 Å². The Morgan fingerprint density at radius 2 is 2.31 bits per heavy atom. The van der Waals surface area contributed by atoms with E-state index in [4.69, 9.17) is 11.0 Å². The molecule has 0 aliphatic heterocycles. The number of thiol groups is 1. The lowest BCUT2D eigenvalue weighted by molar-refractivity contribution is -0.139. The van der Waals surface area contributed by atoms with Crippen molar-refractivity contribution in [1.29, 1.82) is 5.26 Å².